The van der Waals surface area contributed by atoms with E-state index in [-0.39, 0.29) is 24.5 Å². The summed E-state index contributed by atoms with van der Waals surface area (Å²) >= 11 is 0. The van der Waals surface area contributed by atoms with Gasteiger partial charge >= 0.3 is 0 Å². The van der Waals surface area contributed by atoms with Gasteiger partial charge in [-0.2, -0.15) is 5.10 Å². The second-order valence-electron chi connectivity index (χ2n) is 7.87. The number of hydrogen-bond donors (Lipinski definition) is 1. The number of nitrogens with zero attached hydrogens (tertiary/aromatic N) is 2. The summed E-state index contributed by atoms with van der Waals surface area (Å²) < 4.78 is 7.23. The number of benzene rings is 3. The quantitative estimate of drug-likeness (QED) is 0.317. The van der Waals surface area contributed by atoms with Crippen molar-refractivity contribution in [2.24, 2.45) is 0 Å². The molecule has 1 heterocycles. The van der Waals surface area contributed by atoms with E-state index in [1.807, 2.05) is 78.5 Å². The van der Waals surface area contributed by atoms with Gasteiger partial charge in [0.05, 0.1) is 18.8 Å². The number of rotatable bonds is 10. The van der Waals surface area contributed by atoms with Crippen LogP contribution in [-0.4, -0.2) is 28.1 Å². The van der Waals surface area contributed by atoms with E-state index in [1.165, 1.54) is 0 Å². The third kappa shape index (κ3) is 5.98. The lowest BCUT2D eigenvalue weighted by Gasteiger charge is -2.06. The highest BCUT2D eigenvalue weighted by molar-refractivity contribution is 6.01. The lowest BCUT2D eigenvalue weighted by Crippen LogP contribution is -2.13. The Kier molecular flexibility index (Phi) is 7.50. The van der Waals surface area contributed by atoms with Crippen LogP contribution in [0.2, 0.25) is 0 Å². The van der Waals surface area contributed by atoms with Gasteiger partial charge in [-0.3, -0.25) is 14.3 Å². The van der Waals surface area contributed by atoms with Crippen LogP contribution in [0.4, 0.5) is 5.69 Å². The fourth-order valence-corrected chi connectivity index (χ4v) is 3.66. The molecule has 0 radical (unpaired) electrons. The molecule has 34 heavy (non-hydrogen) atoms. The van der Waals surface area contributed by atoms with Crippen LogP contribution in [0.1, 0.15) is 35.7 Å². The first-order valence-electron chi connectivity index (χ1n) is 11.3. The molecule has 6 nitrogen and oxygen atoms in total. The van der Waals surface area contributed by atoms with Gasteiger partial charge in [0.15, 0.2) is 5.78 Å². The van der Waals surface area contributed by atoms with E-state index in [4.69, 9.17) is 9.84 Å². The molecule has 0 unspecified atom stereocenters. The van der Waals surface area contributed by atoms with E-state index in [1.54, 1.807) is 24.3 Å². The lowest BCUT2D eigenvalue weighted by atomic mass is 10.1. The third-order valence-corrected chi connectivity index (χ3v) is 5.34. The molecule has 0 aliphatic rings. The zero-order chi connectivity index (χ0) is 23.8. The van der Waals surface area contributed by atoms with Gasteiger partial charge in [-0.25, -0.2) is 0 Å². The molecular formula is C28H27N3O3. The van der Waals surface area contributed by atoms with E-state index >= 15 is 0 Å². The Hall–Kier alpha value is -4.19. The maximum atomic E-state index is 12.7. The Labute approximate surface area is 199 Å². The van der Waals surface area contributed by atoms with Crippen LogP contribution in [0, 0.1) is 0 Å². The first-order valence-corrected chi connectivity index (χ1v) is 11.3. The topological polar surface area (TPSA) is 73.2 Å². The normalized spacial score (nSPS) is 10.6. The summed E-state index contributed by atoms with van der Waals surface area (Å²) in [5.74, 6) is 0.412. The number of Topliss-reactive ketones (excluding diaryl/α,β-unsaturated/α-hetero) is 1. The molecule has 0 fully saturated rings. The second-order valence-corrected chi connectivity index (χ2v) is 7.87. The number of anilines is 1. The SMILES string of the molecule is CCOc1ccc(C(=O)CCC(=O)Nc2cn(Cc3ccccc3)nc2-c2ccccc2)cc1. The van der Waals surface area contributed by atoms with Crippen molar-refractivity contribution < 1.29 is 14.3 Å². The molecule has 0 atom stereocenters. The Bertz CT molecular complexity index is 1230. The standard InChI is InChI=1S/C28H27N3O3/c1-2-34-24-15-13-22(14-16-24)26(32)17-18-27(33)29-25-20-31(19-21-9-5-3-6-10-21)30-28(25)23-11-7-4-8-12-23/h3-16,20H,2,17-19H2,1H3,(H,29,33). The smallest absolute Gasteiger partial charge is 0.224 e. The molecule has 0 aliphatic carbocycles. The van der Waals surface area contributed by atoms with Gasteiger partial charge in [0.2, 0.25) is 5.91 Å². The number of hydrogen-bond acceptors (Lipinski definition) is 4. The number of nitrogens with one attached hydrogen (secondary N) is 1. The molecule has 1 amide bonds. The van der Waals surface area contributed by atoms with Crippen LogP contribution in [0.5, 0.6) is 5.75 Å². The molecule has 3 aromatic carbocycles. The number of aromatic nitrogens is 2. The van der Waals surface area contributed by atoms with Crippen LogP contribution in [0.25, 0.3) is 11.3 Å². The second kappa shape index (κ2) is 11.1. The number of ketones is 1. The summed E-state index contributed by atoms with van der Waals surface area (Å²) in [6.07, 6.45) is 2.05. The minimum Gasteiger partial charge on any atom is -0.494 e. The number of carbonyl (C=O) groups is 2. The minimum absolute atomic E-state index is 0.0822. The van der Waals surface area contributed by atoms with E-state index in [0.29, 0.717) is 30.1 Å². The Morgan fingerprint density at radius 3 is 2.24 bits per heavy atom. The summed E-state index contributed by atoms with van der Waals surface area (Å²) in [7, 11) is 0. The number of carbonyl (C=O) groups excluding carboxylic acids is 2. The monoisotopic (exact) mass is 453 g/mol. The van der Waals surface area contributed by atoms with Crippen molar-refractivity contribution in [2.45, 2.75) is 26.3 Å². The number of ether oxygens (including phenoxy) is 1. The molecule has 6 heteroatoms. The molecule has 4 aromatic rings. The van der Waals surface area contributed by atoms with Crippen molar-refractivity contribution in [3.8, 4) is 17.0 Å². The molecule has 1 N–H and O–H groups in total. The zero-order valence-corrected chi connectivity index (χ0v) is 19.1. The summed E-state index contributed by atoms with van der Waals surface area (Å²) in [5, 5.41) is 7.67. The predicted molar refractivity (Wildman–Crippen MR) is 133 cm³/mol. The molecule has 0 spiro atoms. The molecule has 4 rings (SSSR count). The van der Waals surface area contributed by atoms with E-state index in [0.717, 1.165) is 16.9 Å². The van der Waals surface area contributed by atoms with Crippen LogP contribution < -0.4 is 10.1 Å². The summed E-state index contributed by atoms with van der Waals surface area (Å²) in [4.78, 5) is 25.2. The molecule has 172 valence electrons. The molecule has 0 saturated heterocycles. The first kappa shape index (κ1) is 23.0. The first-order chi connectivity index (χ1) is 16.6. The Morgan fingerprint density at radius 2 is 1.56 bits per heavy atom. The molecule has 1 aromatic heterocycles. The average Bonchev–Trinajstić information content (AvgIpc) is 3.26. The Morgan fingerprint density at radius 1 is 0.882 bits per heavy atom. The molecular weight excluding hydrogens is 426 g/mol. The third-order valence-electron chi connectivity index (χ3n) is 5.34. The van der Waals surface area contributed by atoms with E-state index in [9.17, 15) is 9.59 Å². The maximum Gasteiger partial charge on any atom is 0.224 e. The molecule has 0 aliphatic heterocycles. The van der Waals surface area contributed by atoms with Crippen molar-refractivity contribution in [1.29, 1.82) is 0 Å². The largest absolute Gasteiger partial charge is 0.494 e. The van der Waals surface area contributed by atoms with Gasteiger partial charge in [-0.15, -0.1) is 0 Å². The van der Waals surface area contributed by atoms with E-state index < -0.39 is 0 Å². The van der Waals surface area contributed by atoms with Crippen LogP contribution >= 0.6 is 0 Å². The average molecular weight is 454 g/mol. The van der Waals surface area contributed by atoms with Crippen molar-refractivity contribution in [2.75, 3.05) is 11.9 Å². The highest BCUT2D eigenvalue weighted by Crippen LogP contribution is 2.27. The summed E-state index contributed by atoms with van der Waals surface area (Å²) in [6, 6.07) is 26.7. The maximum absolute atomic E-state index is 12.7. The van der Waals surface area contributed by atoms with Crippen LogP contribution in [0.3, 0.4) is 0 Å². The van der Waals surface area contributed by atoms with Gasteiger partial charge in [0, 0.05) is 30.2 Å². The Balaban J connectivity index is 1.44. The highest BCUT2D eigenvalue weighted by Gasteiger charge is 2.16. The fourth-order valence-electron chi connectivity index (χ4n) is 3.66. The zero-order valence-electron chi connectivity index (χ0n) is 19.1. The van der Waals surface area contributed by atoms with Gasteiger partial charge < -0.3 is 10.1 Å². The fraction of sp³-hybridized carbons (Fsp3) is 0.179. The lowest BCUT2D eigenvalue weighted by molar-refractivity contribution is -0.116. The van der Waals surface area contributed by atoms with Gasteiger partial charge in [-0.1, -0.05) is 60.7 Å². The number of amides is 1. The van der Waals surface area contributed by atoms with Crippen molar-refractivity contribution >= 4 is 17.4 Å². The van der Waals surface area contributed by atoms with Gasteiger partial charge in [0.1, 0.15) is 11.4 Å². The van der Waals surface area contributed by atoms with Gasteiger partial charge in [0.25, 0.3) is 0 Å². The van der Waals surface area contributed by atoms with E-state index in [2.05, 4.69) is 5.32 Å². The molecule has 0 bridgehead atoms. The summed E-state index contributed by atoms with van der Waals surface area (Å²) in [6.45, 7) is 3.07. The van der Waals surface area contributed by atoms with Crippen molar-refractivity contribution in [3.63, 3.8) is 0 Å². The minimum atomic E-state index is -0.226. The highest BCUT2D eigenvalue weighted by atomic mass is 16.5. The van der Waals surface area contributed by atoms with Crippen LogP contribution in [0.15, 0.2) is 91.1 Å². The summed E-state index contributed by atoms with van der Waals surface area (Å²) in [5.41, 5.74) is 3.92. The van der Waals surface area contributed by atoms with Crippen molar-refractivity contribution in [1.82, 2.24) is 9.78 Å². The van der Waals surface area contributed by atoms with Gasteiger partial charge in [-0.05, 0) is 36.8 Å². The predicted octanol–water partition coefficient (Wildman–Crippen LogP) is 5.60. The van der Waals surface area contributed by atoms with Crippen LogP contribution in [-0.2, 0) is 11.3 Å². The van der Waals surface area contributed by atoms with Crippen molar-refractivity contribution in [3.05, 3.63) is 102 Å². The molecule has 0 saturated carbocycles.